The lowest BCUT2D eigenvalue weighted by molar-refractivity contribution is -0.136. The van der Waals surface area contributed by atoms with Crippen molar-refractivity contribution in [2.24, 2.45) is 5.73 Å². The quantitative estimate of drug-likeness (QED) is 0.835. The predicted molar refractivity (Wildman–Crippen MR) is 86.0 cm³/mol. The van der Waals surface area contributed by atoms with Crippen LogP contribution in [0.2, 0.25) is 0 Å². The second kappa shape index (κ2) is 6.33. The molecule has 21 heavy (non-hydrogen) atoms. The topological polar surface area (TPSA) is 63.3 Å². The Balaban J connectivity index is 2.30. The zero-order valence-electron chi connectivity index (χ0n) is 12.1. The molecule has 3 N–H and O–H groups in total. The lowest BCUT2D eigenvalue weighted by atomic mass is 9.90. The Morgan fingerprint density at radius 1 is 1.14 bits per heavy atom. The van der Waals surface area contributed by atoms with Crippen LogP contribution >= 0.6 is 11.8 Å². The molecule has 2 rings (SSSR count). The van der Waals surface area contributed by atoms with Crippen molar-refractivity contribution in [2.45, 2.75) is 29.6 Å². The summed E-state index contributed by atoms with van der Waals surface area (Å²) in [6.45, 7) is 3.82. The SMILES string of the molecule is Cc1ccc(S[C@@H](C)[C@](O)(C(N)=O)c2ccccc2)cc1. The molecule has 0 saturated carbocycles. The summed E-state index contributed by atoms with van der Waals surface area (Å²) in [5.41, 5.74) is 5.47. The van der Waals surface area contributed by atoms with Crippen molar-refractivity contribution >= 4 is 17.7 Å². The average Bonchev–Trinajstić information content (AvgIpc) is 2.49. The largest absolute Gasteiger partial charge is 0.374 e. The summed E-state index contributed by atoms with van der Waals surface area (Å²) in [7, 11) is 0. The first-order valence-corrected chi connectivity index (χ1v) is 7.63. The van der Waals surface area contributed by atoms with Gasteiger partial charge < -0.3 is 10.8 Å². The molecule has 1 amide bonds. The average molecular weight is 301 g/mol. The molecule has 3 nitrogen and oxygen atoms in total. The minimum absolute atomic E-state index is 0.403. The number of primary amides is 1. The van der Waals surface area contributed by atoms with E-state index < -0.39 is 16.8 Å². The van der Waals surface area contributed by atoms with E-state index in [0.29, 0.717) is 5.56 Å². The van der Waals surface area contributed by atoms with Crippen molar-refractivity contribution < 1.29 is 9.90 Å². The van der Waals surface area contributed by atoms with Crippen LogP contribution in [0.3, 0.4) is 0 Å². The van der Waals surface area contributed by atoms with Crippen molar-refractivity contribution in [1.29, 1.82) is 0 Å². The van der Waals surface area contributed by atoms with Gasteiger partial charge in [0.2, 0.25) is 0 Å². The highest BCUT2D eigenvalue weighted by Crippen LogP contribution is 2.36. The molecule has 0 bridgehead atoms. The number of hydrogen-bond donors (Lipinski definition) is 2. The standard InChI is InChI=1S/C17H19NO2S/c1-12-8-10-15(11-9-12)21-13(2)17(20,16(18)19)14-6-4-3-5-7-14/h3-11,13,20H,1-2H3,(H2,18,19)/t13-,17+/m0/s1. The molecule has 4 heteroatoms. The minimum Gasteiger partial charge on any atom is -0.374 e. The number of hydrogen-bond acceptors (Lipinski definition) is 3. The molecule has 0 aliphatic rings. The normalized spacial score (nSPS) is 15.2. The number of carbonyl (C=O) groups excluding carboxylic acids is 1. The fraction of sp³-hybridized carbons (Fsp3) is 0.235. The van der Waals surface area contributed by atoms with Crippen molar-refractivity contribution in [3.63, 3.8) is 0 Å². The van der Waals surface area contributed by atoms with Gasteiger partial charge in [0, 0.05) is 10.1 Å². The van der Waals surface area contributed by atoms with Crippen LogP contribution < -0.4 is 5.73 Å². The molecule has 0 fully saturated rings. The Morgan fingerprint density at radius 3 is 2.24 bits per heavy atom. The Bertz CT molecular complexity index is 612. The van der Waals surface area contributed by atoms with Gasteiger partial charge in [-0.25, -0.2) is 0 Å². The summed E-state index contributed by atoms with van der Waals surface area (Å²) in [4.78, 5) is 12.9. The van der Waals surface area contributed by atoms with E-state index in [1.54, 1.807) is 24.3 Å². The summed E-state index contributed by atoms with van der Waals surface area (Å²) in [6, 6.07) is 16.8. The highest BCUT2D eigenvalue weighted by molar-refractivity contribution is 8.00. The molecule has 2 atom stereocenters. The summed E-state index contributed by atoms with van der Waals surface area (Å²) >= 11 is 1.43. The summed E-state index contributed by atoms with van der Waals surface area (Å²) in [5.74, 6) is -0.735. The van der Waals surface area contributed by atoms with E-state index in [-0.39, 0.29) is 0 Å². The fourth-order valence-corrected chi connectivity index (χ4v) is 3.30. The molecule has 0 spiro atoms. The van der Waals surface area contributed by atoms with Crippen molar-refractivity contribution in [2.75, 3.05) is 0 Å². The first kappa shape index (κ1) is 15.6. The van der Waals surface area contributed by atoms with Gasteiger partial charge in [-0.2, -0.15) is 0 Å². The maximum Gasteiger partial charge on any atom is 0.255 e. The molecular formula is C17H19NO2S. The number of nitrogens with two attached hydrogens (primary N) is 1. The number of amides is 1. The number of benzene rings is 2. The number of carbonyl (C=O) groups is 1. The van der Waals surface area contributed by atoms with Crippen LogP contribution in [0.1, 0.15) is 18.1 Å². The zero-order valence-corrected chi connectivity index (χ0v) is 12.9. The van der Waals surface area contributed by atoms with Gasteiger partial charge in [-0.1, -0.05) is 48.0 Å². The van der Waals surface area contributed by atoms with Crippen LogP contribution in [-0.4, -0.2) is 16.3 Å². The van der Waals surface area contributed by atoms with Crippen LogP contribution in [-0.2, 0) is 10.4 Å². The van der Waals surface area contributed by atoms with Crippen LogP contribution in [0.5, 0.6) is 0 Å². The van der Waals surface area contributed by atoms with Gasteiger partial charge >= 0.3 is 0 Å². The van der Waals surface area contributed by atoms with E-state index in [2.05, 4.69) is 0 Å². The Morgan fingerprint density at radius 2 is 1.71 bits per heavy atom. The maximum absolute atomic E-state index is 11.9. The van der Waals surface area contributed by atoms with Crippen LogP contribution in [0.15, 0.2) is 59.5 Å². The number of aryl methyl sites for hydroxylation is 1. The Kier molecular flexibility index (Phi) is 4.70. The lowest BCUT2D eigenvalue weighted by Crippen LogP contribution is -2.48. The van der Waals surface area contributed by atoms with Gasteiger partial charge in [0.1, 0.15) is 0 Å². The van der Waals surface area contributed by atoms with Crippen LogP contribution in [0, 0.1) is 6.92 Å². The molecule has 0 aliphatic carbocycles. The van der Waals surface area contributed by atoms with Gasteiger partial charge in [-0.3, -0.25) is 4.79 Å². The molecule has 0 heterocycles. The third-order valence-corrected chi connectivity index (χ3v) is 4.75. The fourth-order valence-electron chi connectivity index (χ4n) is 2.18. The zero-order chi connectivity index (χ0) is 15.5. The molecule has 0 radical (unpaired) electrons. The first-order valence-electron chi connectivity index (χ1n) is 6.75. The van der Waals surface area contributed by atoms with Gasteiger partial charge in [-0.05, 0) is 31.5 Å². The van der Waals surface area contributed by atoms with E-state index in [9.17, 15) is 9.90 Å². The molecule has 2 aromatic carbocycles. The van der Waals surface area contributed by atoms with E-state index in [4.69, 9.17) is 5.73 Å². The van der Waals surface area contributed by atoms with Crippen LogP contribution in [0.25, 0.3) is 0 Å². The predicted octanol–water partition coefficient (Wildman–Crippen LogP) is 2.85. The number of thioether (sulfide) groups is 1. The second-order valence-electron chi connectivity index (χ2n) is 5.07. The molecule has 0 unspecified atom stereocenters. The molecule has 2 aromatic rings. The molecule has 0 saturated heterocycles. The summed E-state index contributed by atoms with van der Waals surface area (Å²) in [6.07, 6.45) is 0. The van der Waals surface area contributed by atoms with E-state index in [1.807, 2.05) is 44.2 Å². The molecule has 110 valence electrons. The monoisotopic (exact) mass is 301 g/mol. The van der Waals surface area contributed by atoms with E-state index in [1.165, 1.54) is 17.3 Å². The molecule has 0 aliphatic heterocycles. The number of rotatable bonds is 5. The molecular weight excluding hydrogens is 282 g/mol. The third kappa shape index (κ3) is 3.28. The van der Waals surface area contributed by atoms with Crippen molar-refractivity contribution in [1.82, 2.24) is 0 Å². The Labute approximate surface area is 129 Å². The van der Waals surface area contributed by atoms with Gasteiger partial charge in [0.05, 0.1) is 0 Å². The van der Waals surface area contributed by atoms with Gasteiger partial charge in [0.25, 0.3) is 5.91 Å². The van der Waals surface area contributed by atoms with E-state index in [0.717, 1.165) is 4.90 Å². The van der Waals surface area contributed by atoms with Crippen LogP contribution in [0.4, 0.5) is 0 Å². The highest BCUT2D eigenvalue weighted by Gasteiger charge is 2.42. The van der Waals surface area contributed by atoms with Crippen molar-refractivity contribution in [3.8, 4) is 0 Å². The molecule has 0 aromatic heterocycles. The number of aliphatic hydroxyl groups is 1. The van der Waals surface area contributed by atoms with E-state index >= 15 is 0 Å². The second-order valence-corrected chi connectivity index (χ2v) is 6.48. The summed E-state index contributed by atoms with van der Waals surface area (Å²) < 4.78 is 0. The van der Waals surface area contributed by atoms with Crippen molar-refractivity contribution in [3.05, 3.63) is 65.7 Å². The lowest BCUT2D eigenvalue weighted by Gasteiger charge is -2.31. The maximum atomic E-state index is 11.9. The Hall–Kier alpha value is -1.78. The van der Waals surface area contributed by atoms with Gasteiger partial charge in [0.15, 0.2) is 5.60 Å². The highest BCUT2D eigenvalue weighted by atomic mass is 32.2. The van der Waals surface area contributed by atoms with Gasteiger partial charge in [-0.15, -0.1) is 11.8 Å². The first-order chi connectivity index (χ1) is 9.94. The smallest absolute Gasteiger partial charge is 0.255 e. The minimum atomic E-state index is -1.70. The third-order valence-electron chi connectivity index (χ3n) is 3.51. The summed E-state index contributed by atoms with van der Waals surface area (Å²) in [5, 5.41) is 10.4.